The zero-order chi connectivity index (χ0) is 12.6. The molecule has 0 spiro atoms. The quantitative estimate of drug-likeness (QED) is 0.826. The van der Waals surface area contributed by atoms with E-state index in [1.807, 2.05) is 0 Å². The van der Waals surface area contributed by atoms with Gasteiger partial charge in [0.2, 0.25) is 0 Å². The topological polar surface area (TPSA) is 46.2 Å². The van der Waals surface area contributed by atoms with Gasteiger partial charge in [0.15, 0.2) is 9.84 Å². The van der Waals surface area contributed by atoms with Gasteiger partial charge < -0.3 is 5.32 Å². The summed E-state index contributed by atoms with van der Waals surface area (Å²) in [5.41, 5.74) is -0.162. The molecule has 1 aliphatic heterocycles. The highest BCUT2D eigenvalue weighted by molar-refractivity contribution is 7.90. The molecule has 0 aromatic heterocycles. The van der Waals surface area contributed by atoms with E-state index < -0.39 is 32.4 Å². The van der Waals surface area contributed by atoms with Crippen molar-refractivity contribution in [1.82, 2.24) is 5.32 Å². The van der Waals surface area contributed by atoms with Crippen LogP contribution in [0.3, 0.4) is 0 Å². The molecule has 1 fully saturated rings. The molecule has 1 saturated heterocycles. The summed E-state index contributed by atoms with van der Waals surface area (Å²) in [4.78, 5) is -0.442. The van der Waals surface area contributed by atoms with Gasteiger partial charge in [-0.1, -0.05) is 0 Å². The monoisotopic (exact) mass is 261 g/mol. The Balaban J connectivity index is 2.58. The van der Waals surface area contributed by atoms with E-state index in [1.165, 1.54) is 0 Å². The highest BCUT2D eigenvalue weighted by Gasteiger charge is 2.27. The van der Waals surface area contributed by atoms with Gasteiger partial charge in [-0.05, 0) is 31.5 Å². The Morgan fingerprint density at radius 1 is 1.35 bits per heavy atom. The number of hydrogen-bond acceptors (Lipinski definition) is 3. The zero-order valence-electron chi connectivity index (χ0n) is 9.33. The lowest BCUT2D eigenvalue weighted by atomic mass is 10.0. The molecular formula is C11H13F2NO2S. The van der Waals surface area contributed by atoms with Crippen LogP contribution in [0.25, 0.3) is 0 Å². The number of rotatable bonds is 2. The summed E-state index contributed by atoms with van der Waals surface area (Å²) < 4.78 is 50.3. The minimum absolute atomic E-state index is 0.162. The molecule has 1 aromatic rings. The summed E-state index contributed by atoms with van der Waals surface area (Å²) in [5, 5.41) is 2.96. The molecule has 3 nitrogen and oxygen atoms in total. The third-order valence-electron chi connectivity index (χ3n) is 2.90. The molecule has 1 aliphatic rings. The van der Waals surface area contributed by atoms with Crippen molar-refractivity contribution in [2.45, 2.75) is 23.8 Å². The van der Waals surface area contributed by atoms with E-state index in [4.69, 9.17) is 0 Å². The van der Waals surface area contributed by atoms with Crippen molar-refractivity contribution in [3.63, 3.8) is 0 Å². The fourth-order valence-electron chi connectivity index (χ4n) is 2.09. The van der Waals surface area contributed by atoms with E-state index in [0.717, 1.165) is 24.8 Å². The lowest BCUT2D eigenvalue weighted by Gasteiger charge is -2.14. The van der Waals surface area contributed by atoms with Crippen LogP contribution in [0.15, 0.2) is 17.0 Å². The molecule has 94 valence electrons. The minimum Gasteiger partial charge on any atom is -0.310 e. The first-order chi connectivity index (χ1) is 7.91. The zero-order valence-corrected chi connectivity index (χ0v) is 10.2. The van der Waals surface area contributed by atoms with Crippen molar-refractivity contribution in [2.75, 3.05) is 12.8 Å². The Labute approximate surface area is 98.8 Å². The minimum atomic E-state index is -3.67. The van der Waals surface area contributed by atoms with Crippen molar-refractivity contribution in [2.24, 2.45) is 0 Å². The molecule has 1 heterocycles. The first-order valence-corrected chi connectivity index (χ1v) is 7.21. The average Bonchev–Trinajstić information content (AvgIpc) is 2.68. The second-order valence-electron chi connectivity index (χ2n) is 4.19. The van der Waals surface area contributed by atoms with Crippen LogP contribution in [-0.4, -0.2) is 21.2 Å². The number of sulfone groups is 1. The van der Waals surface area contributed by atoms with E-state index >= 15 is 0 Å². The molecule has 1 atom stereocenters. The third kappa shape index (κ3) is 2.32. The Kier molecular flexibility index (Phi) is 3.18. The maximum atomic E-state index is 14.0. The van der Waals surface area contributed by atoms with Crippen molar-refractivity contribution >= 4 is 9.84 Å². The van der Waals surface area contributed by atoms with Gasteiger partial charge >= 0.3 is 0 Å². The SMILES string of the molecule is CS(=O)(=O)c1ccc(F)c(C2CCCN2)c1F. The second kappa shape index (κ2) is 4.34. The predicted molar refractivity (Wildman–Crippen MR) is 59.4 cm³/mol. The summed E-state index contributed by atoms with van der Waals surface area (Å²) in [6.45, 7) is 0.687. The van der Waals surface area contributed by atoms with Crippen LogP contribution in [0, 0.1) is 11.6 Å². The summed E-state index contributed by atoms with van der Waals surface area (Å²) in [7, 11) is -3.67. The highest BCUT2D eigenvalue weighted by atomic mass is 32.2. The van der Waals surface area contributed by atoms with E-state index in [9.17, 15) is 17.2 Å². The van der Waals surface area contributed by atoms with Gasteiger partial charge in [0, 0.05) is 17.9 Å². The number of benzene rings is 1. The number of hydrogen-bond donors (Lipinski definition) is 1. The maximum Gasteiger partial charge on any atom is 0.178 e. The summed E-state index contributed by atoms with van der Waals surface area (Å²) in [6, 6.07) is 1.55. The summed E-state index contributed by atoms with van der Waals surface area (Å²) in [6.07, 6.45) is 2.35. The van der Waals surface area contributed by atoms with Gasteiger partial charge in [-0.15, -0.1) is 0 Å². The molecule has 17 heavy (non-hydrogen) atoms. The first-order valence-electron chi connectivity index (χ1n) is 5.32. The molecule has 6 heteroatoms. The maximum absolute atomic E-state index is 14.0. The Morgan fingerprint density at radius 3 is 2.59 bits per heavy atom. The van der Waals surface area contributed by atoms with E-state index in [0.29, 0.717) is 13.0 Å². The van der Waals surface area contributed by atoms with Crippen molar-refractivity contribution in [1.29, 1.82) is 0 Å². The first kappa shape index (κ1) is 12.4. The lowest BCUT2D eigenvalue weighted by Crippen LogP contribution is -2.17. The van der Waals surface area contributed by atoms with Crippen LogP contribution in [0.5, 0.6) is 0 Å². The van der Waals surface area contributed by atoms with Crippen LogP contribution >= 0.6 is 0 Å². The standard InChI is InChI=1S/C11H13F2NO2S/c1-17(15,16)9-5-4-7(12)10(11(9)13)8-3-2-6-14-8/h4-5,8,14H,2-3,6H2,1H3. The Bertz CT molecular complexity index is 537. The highest BCUT2D eigenvalue weighted by Crippen LogP contribution is 2.30. The van der Waals surface area contributed by atoms with E-state index in [2.05, 4.69) is 5.32 Å². The van der Waals surface area contributed by atoms with Crippen LogP contribution in [-0.2, 0) is 9.84 Å². The molecule has 2 rings (SSSR count). The van der Waals surface area contributed by atoms with Crippen molar-refractivity contribution in [3.8, 4) is 0 Å². The molecule has 1 aromatic carbocycles. The summed E-state index contributed by atoms with van der Waals surface area (Å²) >= 11 is 0. The van der Waals surface area contributed by atoms with Gasteiger partial charge in [-0.25, -0.2) is 17.2 Å². The molecular weight excluding hydrogens is 248 g/mol. The molecule has 0 saturated carbocycles. The average molecular weight is 261 g/mol. The van der Waals surface area contributed by atoms with Gasteiger partial charge in [0.1, 0.15) is 16.5 Å². The molecule has 0 radical (unpaired) electrons. The largest absolute Gasteiger partial charge is 0.310 e. The Hall–Kier alpha value is -1.01. The fraction of sp³-hybridized carbons (Fsp3) is 0.455. The van der Waals surface area contributed by atoms with Crippen LogP contribution in [0.1, 0.15) is 24.4 Å². The van der Waals surface area contributed by atoms with Gasteiger partial charge in [0.05, 0.1) is 0 Å². The second-order valence-corrected chi connectivity index (χ2v) is 6.18. The van der Waals surface area contributed by atoms with Crippen LogP contribution in [0.4, 0.5) is 8.78 Å². The van der Waals surface area contributed by atoms with E-state index in [1.54, 1.807) is 0 Å². The van der Waals surface area contributed by atoms with Crippen LogP contribution in [0.2, 0.25) is 0 Å². The van der Waals surface area contributed by atoms with Crippen LogP contribution < -0.4 is 5.32 Å². The van der Waals surface area contributed by atoms with Crippen molar-refractivity contribution < 1.29 is 17.2 Å². The number of halogens is 2. The summed E-state index contributed by atoms with van der Waals surface area (Å²) in [5.74, 6) is -1.67. The Morgan fingerprint density at radius 2 is 2.06 bits per heavy atom. The van der Waals surface area contributed by atoms with Gasteiger partial charge in [-0.3, -0.25) is 0 Å². The normalized spacial score (nSPS) is 20.8. The van der Waals surface area contributed by atoms with Gasteiger partial charge in [-0.2, -0.15) is 0 Å². The molecule has 1 unspecified atom stereocenters. The fourth-order valence-corrected chi connectivity index (χ4v) is 2.84. The van der Waals surface area contributed by atoms with Gasteiger partial charge in [0.25, 0.3) is 0 Å². The smallest absolute Gasteiger partial charge is 0.178 e. The third-order valence-corrected chi connectivity index (χ3v) is 4.01. The molecule has 1 N–H and O–H groups in total. The molecule has 0 aliphatic carbocycles. The molecule has 0 amide bonds. The lowest BCUT2D eigenvalue weighted by molar-refractivity contribution is 0.490. The van der Waals surface area contributed by atoms with E-state index in [-0.39, 0.29) is 5.56 Å². The van der Waals surface area contributed by atoms with Crippen molar-refractivity contribution in [3.05, 3.63) is 29.3 Å². The number of nitrogens with one attached hydrogen (secondary N) is 1. The predicted octanol–water partition coefficient (Wildman–Crippen LogP) is 1.79. The molecule has 0 bridgehead atoms.